The van der Waals surface area contributed by atoms with E-state index in [1.165, 1.54) is 16.1 Å². The van der Waals surface area contributed by atoms with Crippen LogP contribution < -0.4 is 5.32 Å². The van der Waals surface area contributed by atoms with Gasteiger partial charge in [0.25, 0.3) is 0 Å². The van der Waals surface area contributed by atoms with Crippen LogP contribution >= 0.6 is 22.9 Å². The van der Waals surface area contributed by atoms with Crippen LogP contribution in [0, 0.1) is 0 Å². The molecule has 2 heterocycles. The fourth-order valence-electron chi connectivity index (χ4n) is 1.96. The van der Waals surface area contributed by atoms with E-state index in [0.717, 1.165) is 23.6 Å². The Bertz CT molecular complexity index is 488. The van der Waals surface area contributed by atoms with E-state index in [2.05, 4.69) is 10.3 Å². The molecule has 1 N–H and O–H groups in total. The summed E-state index contributed by atoms with van der Waals surface area (Å²) in [6.07, 6.45) is 1.20. The molecule has 0 aliphatic carbocycles. The molecule has 1 unspecified atom stereocenters. The SMILES string of the molecule is Clc1ccc2nc(C3CCNC3)sc2c1. The number of halogens is 1. The zero-order chi connectivity index (χ0) is 10.3. The molecule has 1 aliphatic heterocycles. The van der Waals surface area contributed by atoms with E-state index in [9.17, 15) is 0 Å². The van der Waals surface area contributed by atoms with Gasteiger partial charge in [0.15, 0.2) is 0 Å². The molecule has 2 aromatic rings. The van der Waals surface area contributed by atoms with Crippen LogP contribution in [0.3, 0.4) is 0 Å². The van der Waals surface area contributed by atoms with Crippen LogP contribution in [0.15, 0.2) is 18.2 Å². The highest BCUT2D eigenvalue weighted by Gasteiger charge is 2.20. The molecule has 1 aromatic heterocycles. The van der Waals surface area contributed by atoms with Gasteiger partial charge in [-0.25, -0.2) is 4.98 Å². The Kier molecular flexibility index (Phi) is 2.39. The quantitative estimate of drug-likeness (QED) is 0.826. The van der Waals surface area contributed by atoms with Crippen LogP contribution in [-0.2, 0) is 0 Å². The maximum absolute atomic E-state index is 5.95. The van der Waals surface area contributed by atoms with Gasteiger partial charge in [-0.3, -0.25) is 0 Å². The average molecular weight is 239 g/mol. The zero-order valence-corrected chi connectivity index (χ0v) is 9.74. The molecule has 1 aliphatic rings. The highest BCUT2D eigenvalue weighted by molar-refractivity contribution is 7.18. The van der Waals surface area contributed by atoms with Crippen LogP contribution in [0.25, 0.3) is 10.2 Å². The number of hydrogen-bond donors (Lipinski definition) is 1. The third-order valence-corrected chi connectivity index (χ3v) is 4.19. The third kappa shape index (κ3) is 1.75. The molecule has 0 spiro atoms. The van der Waals surface area contributed by atoms with Crippen molar-refractivity contribution in [3.05, 3.63) is 28.2 Å². The topological polar surface area (TPSA) is 24.9 Å². The summed E-state index contributed by atoms with van der Waals surface area (Å²) >= 11 is 7.73. The molecule has 15 heavy (non-hydrogen) atoms. The van der Waals surface area contributed by atoms with Crippen LogP contribution in [0.2, 0.25) is 5.02 Å². The van der Waals surface area contributed by atoms with Crippen molar-refractivity contribution in [2.75, 3.05) is 13.1 Å². The first-order valence-corrected chi connectivity index (χ1v) is 6.29. The van der Waals surface area contributed by atoms with Crippen LogP contribution in [0.5, 0.6) is 0 Å². The van der Waals surface area contributed by atoms with Crippen molar-refractivity contribution in [1.82, 2.24) is 10.3 Å². The van der Waals surface area contributed by atoms with Crippen molar-refractivity contribution >= 4 is 33.2 Å². The number of fused-ring (bicyclic) bond motifs is 1. The average Bonchev–Trinajstić information content (AvgIpc) is 2.84. The maximum Gasteiger partial charge on any atom is 0.0982 e. The van der Waals surface area contributed by atoms with Gasteiger partial charge >= 0.3 is 0 Å². The van der Waals surface area contributed by atoms with Gasteiger partial charge in [0.2, 0.25) is 0 Å². The second kappa shape index (κ2) is 3.74. The van der Waals surface area contributed by atoms with Gasteiger partial charge in [-0.05, 0) is 31.2 Å². The van der Waals surface area contributed by atoms with E-state index >= 15 is 0 Å². The highest BCUT2D eigenvalue weighted by atomic mass is 35.5. The Balaban J connectivity index is 2.05. The van der Waals surface area contributed by atoms with E-state index in [1.54, 1.807) is 11.3 Å². The first kappa shape index (κ1) is 9.58. The van der Waals surface area contributed by atoms with Crippen molar-refractivity contribution in [3.63, 3.8) is 0 Å². The standard InChI is InChI=1S/C11H11ClN2S/c12-8-1-2-9-10(5-8)15-11(14-9)7-3-4-13-6-7/h1-2,5,7,13H,3-4,6H2. The summed E-state index contributed by atoms with van der Waals surface area (Å²) in [5.74, 6) is 0.598. The normalized spacial score (nSPS) is 21.3. The molecular weight excluding hydrogens is 228 g/mol. The van der Waals surface area contributed by atoms with Gasteiger partial charge in [0.05, 0.1) is 15.2 Å². The van der Waals surface area contributed by atoms with Crippen molar-refractivity contribution in [1.29, 1.82) is 0 Å². The number of nitrogens with zero attached hydrogens (tertiary/aromatic N) is 1. The monoisotopic (exact) mass is 238 g/mol. The van der Waals surface area contributed by atoms with E-state index in [1.807, 2.05) is 18.2 Å². The molecule has 0 amide bonds. The number of aromatic nitrogens is 1. The van der Waals surface area contributed by atoms with Gasteiger partial charge in [0, 0.05) is 17.5 Å². The fraction of sp³-hybridized carbons (Fsp3) is 0.364. The number of thiazole rings is 1. The van der Waals surface area contributed by atoms with Crippen molar-refractivity contribution in [2.24, 2.45) is 0 Å². The predicted octanol–water partition coefficient (Wildman–Crippen LogP) is 3.03. The van der Waals surface area contributed by atoms with E-state index in [-0.39, 0.29) is 0 Å². The zero-order valence-electron chi connectivity index (χ0n) is 8.16. The summed E-state index contributed by atoms with van der Waals surface area (Å²) in [6.45, 7) is 2.18. The number of benzene rings is 1. The molecule has 78 valence electrons. The van der Waals surface area contributed by atoms with E-state index in [4.69, 9.17) is 11.6 Å². The molecule has 1 aromatic carbocycles. The first-order valence-electron chi connectivity index (χ1n) is 5.09. The molecule has 1 atom stereocenters. The van der Waals surface area contributed by atoms with Gasteiger partial charge < -0.3 is 5.32 Å². The van der Waals surface area contributed by atoms with Gasteiger partial charge in [-0.1, -0.05) is 11.6 Å². The third-order valence-electron chi connectivity index (χ3n) is 2.78. The van der Waals surface area contributed by atoms with Crippen LogP contribution in [0.1, 0.15) is 17.3 Å². The Morgan fingerprint density at radius 3 is 3.20 bits per heavy atom. The molecule has 0 radical (unpaired) electrons. The first-order chi connectivity index (χ1) is 7.33. The number of rotatable bonds is 1. The van der Waals surface area contributed by atoms with Crippen molar-refractivity contribution < 1.29 is 0 Å². The second-order valence-corrected chi connectivity index (χ2v) is 5.35. The minimum absolute atomic E-state index is 0.598. The molecule has 2 nitrogen and oxygen atoms in total. The lowest BCUT2D eigenvalue weighted by Crippen LogP contribution is -2.07. The molecule has 1 saturated heterocycles. The molecule has 0 saturated carbocycles. The summed E-state index contributed by atoms with van der Waals surface area (Å²) in [4.78, 5) is 4.66. The molecule has 0 bridgehead atoms. The molecule has 4 heteroatoms. The lowest BCUT2D eigenvalue weighted by Gasteiger charge is -2.00. The lowest BCUT2D eigenvalue weighted by atomic mass is 10.1. The number of hydrogen-bond acceptors (Lipinski definition) is 3. The predicted molar refractivity (Wildman–Crippen MR) is 64.9 cm³/mol. The Hall–Kier alpha value is -0.640. The Morgan fingerprint density at radius 2 is 2.40 bits per heavy atom. The molecule has 1 fully saturated rings. The van der Waals surface area contributed by atoms with Crippen molar-refractivity contribution in [2.45, 2.75) is 12.3 Å². The van der Waals surface area contributed by atoms with E-state index in [0.29, 0.717) is 5.92 Å². The summed E-state index contributed by atoms with van der Waals surface area (Å²) in [7, 11) is 0. The van der Waals surface area contributed by atoms with Gasteiger partial charge in [-0.2, -0.15) is 0 Å². The fourth-order valence-corrected chi connectivity index (χ4v) is 3.33. The summed E-state index contributed by atoms with van der Waals surface area (Å²) in [6, 6.07) is 5.90. The Morgan fingerprint density at radius 1 is 1.47 bits per heavy atom. The second-order valence-electron chi connectivity index (χ2n) is 3.85. The molecule has 3 rings (SSSR count). The summed E-state index contributed by atoms with van der Waals surface area (Å²) in [5.41, 5.74) is 1.08. The highest BCUT2D eigenvalue weighted by Crippen LogP contribution is 2.31. The van der Waals surface area contributed by atoms with Crippen molar-refractivity contribution in [3.8, 4) is 0 Å². The molecular formula is C11H11ClN2S. The largest absolute Gasteiger partial charge is 0.316 e. The van der Waals surface area contributed by atoms with Gasteiger partial charge in [0.1, 0.15) is 0 Å². The number of nitrogens with one attached hydrogen (secondary N) is 1. The van der Waals surface area contributed by atoms with Crippen LogP contribution in [0.4, 0.5) is 0 Å². The smallest absolute Gasteiger partial charge is 0.0982 e. The minimum Gasteiger partial charge on any atom is -0.316 e. The van der Waals surface area contributed by atoms with E-state index < -0.39 is 0 Å². The summed E-state index contributed by atoms with van der Waals surface area (Å²) < 4.78 is 1.20. The van der Waals surface area contributed by atoms with Gasteiger partial charge in [-0.15, -0.1) is 11.3 Å². The van der Waals surface area contributed by atoms with Crippen LogP contribution in [-0.4, -0.2) is 18.1 Å². The maximum atomic E-state index is 5.95. The summed E-state index contributed by atoms with van der Waals surface area (Å²) in [5, 5.41) is 5.41. The lowest BCUT2D eigenvalue weighted by molar-refractivity contribution is 0.758. The minimum atomic E-state index is 0.598. The Labute approximate surface area is 97.3 Å².